The van der Waals surface area contributed by atoms with Crippen molar-refractivity contribution < 1.29 is 19.0 Å². The summed E-state index contributed by atoms with van der Waals surface area (Å²) < 4.78 is 16.9. The third-order valence-corrected chi connectivity index (χ3v) is 4.20. The van der Waals surface area contributed by atoms with E-state index in [2.05, 4.69) is 10.4 Å². The van der Waals surface area contributed by atoms with Gasteiger partial charge in [0.15, 0.2) is 11.5 Å². The van der Waals surface area contributed by atoms with Crippen LogP contribution in [0.4, 0.5) is 5.69 Å². The highest BCUT2D eigenvalue weighted by Crippen LogP contribution is 2.35. The van der Waals surface area contributed by atoms with Gasteiger partial charge in [0.25, 0.3) is 5.56 Å². The van der Waals surface area contributed by atoms with Gasteiger partial charge in [-0.05, 0) is 48.5 Å². The number of anilines is 1. The minimum absolute atomic E-state index is 0.178. The molecule has 8 nitrogen and oxygen atoms in total. The van der Waals surface area contributed by atoms with E-state index >= 15 is 0 Å². The molecule has 3 aromatic rings. The highest BCUT2D eigenvalue weighted by atomic mass is 16.7. The van der Waals surface area contributed by atoms with E-state index < -0.39 is 0 Å². The van der Waals surface area contributed by atoms with E-state index in [0.717, 1.165) is 10.2 Å². The molecule has 28 heavy (non-hydrogen) atoms. The topological polar surface area (TPSA) is 91.7 Å². The Morgan fingerprint density at radius 3 is 2.68 bits per heavy atom. The van der Waals surface area contributed by atoms with E-state index in [1.54, 1.807) is 49.6 Å². The molecule has 1 amide bonds. The van der Waals surface area contributed by atoms with Gasteiger partial charge in [-0.25, -0.2) is 4.68 Å². The Hall–Kier alpha value is -3.81. The number of methoxy groups -OCH3 is 1. The molecule has 0 aliphatic carbocycles. The van der Waals surface area contributed by atoms with Crippen LogP contribution in [0.3, 0.4) is 0 Å². The summed E-state index contributed by atoms with van der Waals surface area (Å²) in [5.74, 6) is 1.61. The van der Waals surface area contributed by atoms with Crippen molar-refractivity contribution in [2.45, 2.75) is 6.54 Å². The van der Waals surface area contributed by atoms with Crippen LogP contribution in [0, 0.1) is 0 Å². The normalized spacial score (nSPS) is 11.9. The lowest BCUT2D eigenvalue weighted by molar-refractivity contribution is -0.117. The second-order valence-electron chi connectivity index (χ2n) is 6.06. The minimum atomic E-state index is -0.366. The quantitative estimate of drug-likeness (QED) is 0.731. The smallest absolute Gasteiger partial charge is 0.267 e. The van der Waals surface area contributed by atoms with Gasteiger partial charge >= 0.3 is 0 Å². The largest absolute Gasteiger partial charge is 0.497 e. The average molecular weight is 379 g/mol. The molecule has 8 heteroatoms. The molecule has 0 atom stereocenters. The number of fused-ring (bicyclic) bond motifs is 1. The van der Waals surface area contributed by atoms with Crippen LogP contribution >= 0.6 is 0 Å². The number of nitrogens with one attached hydrogen (secondary N) is 1. The summed E-state index contributed by atoms with van der Waals surface area (Å²) in [7, 11) is 1.57. The highest BCUT2D eigenvalue weighted by molar-refractivity contribution is 5.90. The van der Waals surface area contributed by atoms with Crippen molar-refractivity contribution in [1.29, 1.82) is 0 Å². The van der Waals surface area contributed by atoms with Crippen molar-refractivity contribution in [1.82, 2.24) is 9.78 Å². The molecule has 0 saturated carbocycles. The van der Waals surface area contributed by atoms with Crippen LogP contribution in [-0.2, 0) is 11.3 Å². The summed E-state index contributed by atoms with van der Waals surface area (Å²) in [5.41, 5.74) is 1.55. The first-order chi connectivity index (χ1) is 13.6. The fourth-order valence-corrected chi connectivity index (χ4v) is 2.78. The van der Waals surface area contributed by atoms with Crippen molar-refractivity contribution in [3.05, 3.63) is 65.0 Å². The fourth-order valence-electron chi connectivity index (χ4n) is 2.78. The van der Waals surface area contributed by atoms with Crippen molar-refractivity contribution in [2.24, 2.45) is 0 Å². The molecule has 1 aliphatic rings. The number of rotatable bonds is 5. The predicted molar refractivity (Wildman–Crippen MR) is 102 cm³/mol. The van der Waals surface area contributed by atoms with Crippen LogP contribution < -0.4 is 25.1 Å². The number of carbonyl (C=O) groups excluding carboxylic acids is 1. The van der Waals surface area contributed by atoms with Crippen molar-refractivity contribution in [2.75, 3.05) is 19.2 Å². The van der Waals surface area contributed by atoms with Crippen molar-refractivity contribution in [3.8, 4) is 28.5 Å². The van der Waals surface area contributed by atoms with Gasteiger partial charge in [0.1, 0.15) is 12.3 Å². The number of nitrogens with zero attached hydrogens (tertiary/aromatic N) is 2. The molecule has 0 radical (unpaired) electrons. The van der Waals surface area contributed by atoms with Gasteiger partial charge in [-0.1, -0.05) is 0 Å². The van der Waals surface area contributed by atoms with Gasteiger partial charge in [0.2, 0.25) is 12.7 Å². The molecule has 0 spiro atoms. The second-order valence-corrected chi connectivity index (χ2v) is 6.06. The summed E-state index contributed by atoms with van der Waals surface area (Å²) in [6, 6.07) is 15.3. The van der Waals surface area contributed by atoms with Crippen LogP contribution in [0.15, 0.2) is 59.4 Å². The Labute approximate surface area is 160 Å². The molecule has 1 N–H and O–H groups in total. The maximum absolute atomic E-state index is 12.3. The fraction of sp³-hybridized carbons (Fsp3) is 0.150. The Balaban J connectivity index is 1.52. The maximum Gasteiger partial charge on any atom is 0.267 e. The molecule has 1 aromatic heterocycles. The first kappa shape index (κ1) is 17.6. The number of benzene rings is 2. The zero-order valence-electron chi connectivity index (χ0n) is 15.0. The lowest BCUT2D eigenvalue weighted by atomic mass is 10.1. The Morgan fingerprint density at radius 1 is 1.11 bits per heavy atom. The zero-order valence-corrected chi connectivity index (χ0v) is 15.0. The Morgan fingerprint density at radius 2 is 1.89 bits per heavy atom. The lowest BCUT2D eigenvalue weighted by Gasteiger charge is -2.09. The van der Waals surface area contributed by atoms with Crippen LogP contribution in [0.2, 0.25) is 0 Å². The molecule has 0 fully saturated rings. The molecule has 4 rings (SSSR count). The lowest BCUT2D eigenvalue weighted by Crippen LogP contribution is -2.29. The van der Waals surface area contributed by atoms with Gasteiger partial charge in [-0.3, -0.25) is 9.59 Å². The van der Waals surface area contributed by atoms with E-state index in [1.165, 1.54) is 6.07 Å². The van der Waals surface area contributed by atoms with Crippen LogP contribution in [0.25, 0.3) is 11.3 Å². The van der Waals surface area contributed by atoms with Gasteiger partial charge in [0, 0.05) is 17.3 Å². The maximum atomic E-state index is 12.3. The number of amides is 1. The molecule has 2 aromatic carbocycles. The van der Waals surface area contributed by atoms with Gasteiger partial charge in [0.05, 0.1) is 12.8 Å². The van der Waals surface area contributed by atoms with E-state index in [1.807, 2.05) is 6.07 Å². The van der Waals surface area contributed by atoms with E-state index in [4.69, 9.17) is 14.2 Å². The van der Waals surface area contributed by atoms with Crippen molar-refractivity contribution >= 4 is 11.6 Å². The molecule has 2 heterocycles. The summed E-state index contributed by atoms with van der Waals surface area (Å²) in [5, 5.41) is 7.04. The molecule has 0 saturated heterocycles. The molecular weight excluding hydrogens is 362 g/mol. The highest BCUT2D eigenvalue weighted by Gasteiger charge is 2.15. The number of hydrogen-bond acceptors (Lipinski definition) is 6. The number of ether oxygens (including phenoxy) is 3. The number of aromatic nitrogens is 2. The van der Waals surface area contributed by atoms with Gasteiger partial charge in [-0.15, -0.1) is 0 Å². The van der Waals surface area contributed by atoms with Crippen LogP contribution in [-0.4, -0.2) is 29.6 Å². The average Bonchev–Trinajstić information content (AvgIpc) is 3.18. The number of hydrogen-bond donors (Lipinski definition) is 1. The third-order valence-electron chi connectivity index (χ3n) is 4.20. The Kier molecular flexibility index (Phi) is 4.67. The first-order valence-electron chi connectivity index (χ1n) is 8.54. The molecular formula is C20H17N3O5. The van der Waals surface area contributed by atoms with Crippen molar-refractivity contribution in [3.63, 3.8) is 0 Å². The second kappa shape index (κ2) is 7.43. The summed E-state index contributed by atoms with van der Waals surface area (Å²) in [6.07, 6.45) is 0. The summed E-state index contributed by atoms with van der Waals surface area (Å²) in [4.78, 5) is 24.4. The molecule has 1 aliphatic heterocycles. The summed E-state index contributed by atoms with van der Waals surface area (Å²) in [6.45, 7) is -0.0273. The SMILES string of the molecule is COc1ccc(NC(=O)Cn2nc(-c3ccc4c(c3)OCO4)ccc2=O)cc1. The van der Waals surface area contributed by atoms with E-state index in [-0.39, 0.29) is 24.8 Å². The molecule has 0 bridgehead atoms. The third kappa shape index (κ3) is 3.66. The molecule has 0 unspecified atom stereocenters. The Bertz CT molecular complexity index is 1080. The van der Waals surface area contributed by atoms with E-state index in [9.17, 15) is 9.59 Å². The van der Waals surface area contributed by atoms with E-state index in [0.29, 0.717) is 28.6 Å². The number of carbonyl (C=O) groups is 1. The monoisotopic (exact) mass is 379 g/mol. The summed E-state index contributed by atoms with van der Waals surface area (Å²) >= 11 is 0. The molecule has 142 valence electrons. The van der Waals surface area contributed by atoms with Gasteiger partial charge in [-0.2, -0.15) is 5.10 Å². The van der Waals surface area contributed by atoms with Crippen LogP contribution in [0.1, 0.15) is 0 Å². The van der Waals surface area contributed by atoms with Crippen LogP contribution in [0.5, 0.6) is 17.2 Å². The standard InChI is InChI=1S/C20H17N3O5/c1-26-15-5-3-14(4-6-15)21-19(24)11-23-20(25)9-7-16(22-23)13-2-8-17-18(10-13)28-12-27-17/h2-10H,11-12H2,1H3,(H,21,24). The predicted octanol–water partition coefficient (Wildman–Crippen LogP) is 2.29. The first-order valence-corrected chi connectivity index (χ1v) is 8.54. The minimum Gasteiger partial charge on any atom is -0.497 e. The zero-order chi connectivity index (χ0) is 19.5. The van der Waals surface area contributed by atoms with Gasteiger partial charge < -0.3 is 19.5 Å².